The van der Waals surface area contributed by atoms with Gasteiger partial charge in [-0.05, 0) is 37.1 Å². The molecule has 0 heterocycles. The summed E-state index contributed by atoms with van der Waals surface area (Å²) in [6.45, 7) is 10.2. The predicted molar refractivity (Wildman–Crippen MR) is 65.4 cm³/mol. The second kappa shape index (κ2) is 7.28. The van der Waals surface area contributed by atoms with Crippen molar-refractivity contribution in [2.24, 2.45) is 17.1 Å². The largest absolute Gasteiger partial charge is 0.330 e. The van der Waals surface area contributed by atoms with E-state index in [9.17, 15) is 0 Å². The summed E-state index contributed by atoms with van der Waals surface area (Å²) in [5.41, 5.74) is 6.04. The fourth-order valence-electron chi connectivity index (χ4n) is 2.02. The highest BCUT2D eigenvalue weighted by atomic mass is 14.5. The summed E-state index contributed by atoms with van der Waals surface area (Å²) < 4.78 is 0. The molecule has 0 saturated heterocycles. The highest BCUT2D eigenvalue weighted by molar-refractivity contribution is 4.74. The predicted octanol–water partition coefficient (Wildman–Crippen LogP) is 3.97. The zero-order chi connectivity index (χ0) is 11.0. The van der Waals surface area contributed by atoms with Crippen LogP contribution in [0.3, 0.4) is 0 Å². The van der Waals surface area contributed by atoms with Gasteiger partial charge in [-0.3, -0.25) is 0 Å². The Morgan fingerprint density at radius 3 is 2.00 bits per heavy atom. The van der Waals surface area contributed by atoms with Crippen LogP contribution in [0.5, 0.6) is 0 Å². The van der Waals surface area contributed by atoms with Gasteiger partial charge < -0.3 is 5.73 Å². The van der Waals surface area contributed by atoms with Crippen molar-refractivity contribution in [2.75, 3.05) is 6.54 Å². The summed E-state index contributed by atoms with van der Waals surface area (Å²) >= 11 is 0. The monoisotopic (exact) mass is 199 g/mol. The Morgan fingerprint density at radius 2 is 1.57 bits per heavy atom. The van der Waals surface area contributed by atoms with Gasteiger partial charge in [-0.1, -0.05) is 47.0 Å². The second-order valence-electron chi connectivity index (χ2n) is 5.49. The van der Waals surface area contributed by atoms with Crippen LogP contribution in [0.15, 0.2) is 0 Å². The first-order valence-corrected chi connectivity index (χ1v) is 6.22. The molecule has 0 radical (unpaired) electrons. The first kappa shape index (κ1) is 14.0. The minimum atomic E-state index is 0.461. The normalized spacial score (nSPS) is 14.4. The minimum Gasteiger partial charge on any atom is -0.330 e. The van der Waals surface area contributed by atoms with Crippen LogP contribution in [0.2, 0.25) is 0 Å². The maximum Gasteiger partial charge on any atom is -0.00772 e. The SMILES string of the molecule is CCCCCC(CCCN)C(C)(C)C. The number of unbranched alkanes of at least 4 members (excludes halogenated alkanes) is 2. The number of hydrogen-bond donors (Lipinski definition) is 1. The van der Waals surface area contributed by atoms with Gasteiger partial charge in [0.15, 0.2) is 0 Å². The summed E-state index contributed by atoms with van der Waals surface area (Å²) in [6, 6.07) is 0. The molecule has 86 valence electrons. The summed E-state index contributed by atoms with van der Waals surface area (Å²) in [7, 11) is 0. The van der Waals surface area contributed by atoms with Crippen molar-refractivity contribution in [3.05, 3.63) is 0 Å². The van der Waals surface area contributed by atoms with Crippen molar-refractivity contribution >= 4 is 0 Å². The molecule has 0 saturated carbocycles. The summed E-state index contributed by atoms with van der Waals surface area (Å²) in [4.78, 5) is 0. The Kier molecular flexibility index (Phi) is 7.26. The van der Waals surface area contributed by atoms with Crippen molar-refractivity contribution in [1.82, 2.24) is 0 Å². The Labute approximate surface area is 90.5 Å². The van der Waals surface area contributed by atoms with E-state index >= 15 is 0 Å². The van der Waals surface area contributed by atoms with Crippen LogP contribution in [0.1, 0.15) is 66.2 Å². The third-order valence-electron chi connectivity index (χ3n) is 3.14. The molecular formula is C13H29N. The van der Waals surface area contributed by atoms with Gasteiger partial charge in [0.1, 0.15) is 0 Å². The van der Waals surface area contributed by atoms with E-state index in [2.05, 4.69) is 27.7 Å². The molecule has 1 atom stereocenters. The first-order chi connectivity index (χ1) is 6.52. The van der Waals surface area contributed by atoms with Crippen LogP contribution >= 0.6 is 0 Å². The van der Waals surface area contributed by atoms with Gasteiger partial charge >= 0.3 is 0 Å². The molecule has 2 N–H and O–H groups in total. The van der Waals surface area contributed by atoms with Crippen molar-refractivity contribution < 1.29 is 0 Å². The van der Waals surface area contributed by atoms with Gasteiger partial charge in [-0.2, -0.15) is 0 Å². The van der Waals surface area contributed by atoms with Crippen molar-refractivity contribution in [3.8, 4) is 0 Å². The molecule has 14 heavy (non-hydrogen) atoms. The fourth-order valence-corrected chi connectivity index (χ4v) is 2.02. The van der Waals surface area contributed by atoms with Crippen molar-refractivity contribution in [2.45, 2.75) is 66.2 Å². The quantitative estimate of drug-likeness (QED) is 0.617. The van der Waals surface area contributed by atoms with Gasteiger partial charge in [0.2, 0.25) is 0 Å². The van der Waals surface area contributed by atoms with Crippen LogP contribution in [-0.4, -0.2) is 6.54 Å². The lowest BCUT2D eigenvalue weighted by Gasteiger charge is -2.31. The van der Waals surface area contributed by atoms with E-state index in [1.165, 1.54) is 38.5 Å². The van der Waals surface area contributed by atoms with Gasteiger partial charge in [-0.15, -0.1) is 0 Å². The van der Waals surface area contributed by atoms with Gasteiger partial charge in [0.25, 0.3) is 0 Å². The molecule has 0 aromatic rings. The molecule has 0 aliphatic carbocycles. The van der Waals surface area contributed by atoms with Gasteiger partial charge in [-0.25, -0.2) is 0 Å². The first-order valence-electron chi connectivity index (χ1n) is 6.22. The van der Waals surface area contributed by atoms with E-state index in [1.807, 2.05) is 0 Å². The summed E-state index contributed by atoms with van der Waals surface area (Å²) in [5, 5.41) is 0. The molecule has 0 rings (SSSR count). The molecule has 0 aliphatic heterocycles. The molecular weight excluding hydrogens is 170 g/mol. The van der Waals surface area contributed by atoms with E-state index in [4.69, 9.17) is 5.73 Å². The highest BCUT2D eigenvalue weighted by Gasteiger charge is 2.23. The Hall–Kier alpha value is -0.0400. The molecule has 0 bridgehead atoms. The molecule has 1 heteroatoms. The van der Waals surface area contributed by atoms with Crippen LogP contribution in [-0.2, 0) is 0 Å². The number of nitrogens with two attached hydrogens (primary N) is 1. The van der Waals surface area contributed by atoms with E-state index in [1.54, 1.807) is 0 Å². The average molecular weight is 199 g/mol. The van der Waals surface area contributed by atoms with E-state index in [0.717, 1.165) is 12.5 Å². The smallest absolute Gasteiger partial charge is 0.00772 e. The summed E-state index contributed by atoms with van der Waals surface area (Å²) in [6.07, 6.45) is 7.99. The van der Waals surface area contributed by atoms with Gasteiger partial charge in [0, 0.05) is 0 Å². The lowest BCUT2D eigenvalue weighted by Crippen LogP contribution is -2.21. The maximum atomic E-state index is 5.57. The van der Waals surface area contributed by atoms with Crippen molar-refractivity contribution in [1.29, 1.82) is 0 Å². The average Bonchev–Trinajstić information content (AvgIpc) is 2.09. The molecule has 0 aliphatic rings. The zero-order valence-corrected chi connectivity index (χ0v) is 10.6. The van der Waals surface area contributed by atoms with Gasteiger partial charge in [0.05, 0.1) is 0 Å². The molecule has 0 fully saturated rings. The fraction of sp³-hybridized carbons (Fsp3) is 1.00. The zero-order valence-electron chi connectivity index (χ0n) is 10.6. The van der Waals surface area contributed by atoms with E-state index in [0.29, 0.717) is 5.41 Å². The Morgan fingerprint density at radius 1 is 1.00 bits per heavy atom. The highest BCUT2D eigenvalue weighted by Crippen LogP contribution is 2.33. The Bertz CT molecular complexity index is 124. The molecule has 1 unspecified atom stereocenters. The maximum absolute atomic E-state index is 5.57. The molecule has 0 amide bonds. The van der Waals surface area contributed by atoms with E-state index < -0.39 is 0 Å². The van der Waals surface area contributed by atoms with Crippen LogP contribution in [0.4, 0.5) is 0 Å². The minimum absolute atomic E-state index is 0.461. The van der Waals surface area contributed by atoms with Crippen LogP contribution in [0.25, 0.3) is 0 Å². The second-order valence-corrected chi connectivity index (χ2v) is 5.49. The standard InChI is InChI=1S/C13H29N/c1-5-6-7-9-12(10-8-11-14)13(2,3)4/h12H,5-11,14H2,1-4H3. The molecule has 0 spiro atoms. The molecule has 1 nitrogen and oxygen atoms in total. The lowest BCUT2D eigenvalue weighted by atomic mass is 9.75. The lowest BCUT2D eigenvalue weighted by molar-refractivity contribution is 0.204. The Balaban J connectivity index is 3.85. The third kappa shape index (κ3) is 6.42. The van der Waals surface area contributed by atoms with Crippen molar-refractivity contribution in [3.63, 3.8) is 0 Å². The topological polar surface area (TPSA) is 26.0 Å². The molecule has 0 aromatic carbocycles. The molecule has 0 aromatic heterocycles. The number of rotatable bonds is 7. The third-order valence-corrected chi connectivity index (χ3v) is 3.14. The summed E-state index contributed by atoms with van der Waals surface area (Å²) in [5.74, 6) is 0.859. The van der Waals surface area contributed by atoms with Crippen LogP contribution in [0, 0.1) is 11.3 Å². The number of hydrogen-bond acceptors (Lipinski definition) is 1. The van der Waals surface area contributed by atoms with Crippen LogP contribution < -0.4 is 5.73 Å². The van der Waals surface area contributed by atoms with E-state index in [-0.39, 0.29) is 0 Å².